The largest absolute Gasteiger partial charge is 0.324 e. The lowest BCUT2D eigenvalue weighted by atomic mass is 9.34. The minimum Gasteiger partial charge on any atom is -0.324 e. The highest BCUT2D eigenvalue weighted by Gasteiger charge is 2.72. The number of allylic oxidation sites excluding steroid dienone is 1. The topological polar surface area (TPSA) is 26.0 Å². The highest BCUT2D eigenvalue weighted by molar-refractivity contribution is 5.39. The number of hydrogen-bond donors (Lipinski definition) is 1. The van der Waals surface area contributed by atoms with Crippen LogP contribution in [0.15, 0.2) is 24.3 Å². The summed E-state index contributed by atoms with van der Waals surface area (Å²) in [7, 11) is 0. The molecule has 0 aliphatic heterocycles. The minimum absolute atomic E-state index is 0.109. The van der Waals surface area contributed by atoms with Crippen LogP contribution in [0.1, 0.15) is 85.5 Å². The maximum absolute atomic E-state index is 7.47. The van der Waals surface area contributed by atoms with Crippen molar-refractivity contribution in [1.82, 2.24) is 0 Å². The monoisotopic (exact) mass is 327 g/mol. The smallest absolute Gasteiger partial charge is 0.0289 e. The molecule has 0 spiro atoms. The molecule has 4 aliphatic rings. The van der Waals surface area contributed by atoms with E-state index in [1.807, 2.05) is 0 Å². The third kappa shape index (κ3) is 1.57. The van der Waals surface area contributed by atoms with Crippen LogP contribution in [0.25, 0.3) is 0 Å². The fraction of sp³-hybridized carbons (Fsp3) is 0.826. The van der Waals surface area contributed by atoms with Crippen LogP contribution in [0.3, 0.4) is 0 Å². The van der Waals surface area contributed by atoms with E-state index in [-0.39, 0.29) is 16.4 Å². The van der Waals surface area contributed by atoms with Gasteiger partial charge < -0.3 is 5.73 Å². The second kappa shape index (κ2) is 4.58. The number of nitrogens with two attached hydrogens (primary N) is 1. The van der Waals surface area contributed by atoms with Crippen molar-refractivity contribution in [1.29, 1.82) is 0 Å². The zero-order valence-corrected chi connectivity index (χ0v) is 16.4. The normalized spacial score (nSPS) is 57.3. The van der Waals surface area contributed by atoms with Crippen LogP contribution in [0, 0.1) is 27.6 Å². The van der Waals surface area contributed by atoms with Gasteiger partial charge in [0.1, 0.15) is 0 Å². The van der Waals surface area contributed by atoms with E-state index in [2.05, 4.69) is 40.9 Å². The first-order valence-corrected chi connectivity index (χ1v) is 10.2. The van der Waals surface area contributed by atoms with E-state index in [9.17, 15) is 0 Å². The molecule has 0 aromatic heterocycles. The highest BCUT2D eigenvalue weighted by atomic mass is 14.9. The van der Waals surface area contributed by atoms with Gasteiger partial charge in [-0.25, -0.2) is 0 Å². The van der Waals surface area contributed by atoms with Crippen molar-refractivity contribution >= 4 is 0 Å². The molecule has 2 N–H and O–H groups in total. The van der Waals surface area contributed by atoms with Crippen LogP contribution in [0.5, 0.6) is 0 Å². The summed E-state index contributed by atoms with van der Waals surface area (Å²) in [5.41, 5.74) is 11.3. The lowest BCUT2D eigenvalue weighted by molar-refractivity contribution is -0.162. The Morgan fingerprint density at radius 1 is 0.917 bits per heavy atom. The summed E-state index contributed by atoms with van der Waals surface area (Å²) in [6.07, 6.45) is 11.4. The van der Waals surface area contributed by atoms with Gasteiger partial charge in [-0.05, 0) is 66.6 Å². The van der Waals surface area contributed by atoms with Gasteiger partial charge in [-0.15, -0.1) is 0 Å². The summed E-state index contributed by atoms with van der Waals surface area (Å²) in [5.74, 6) is 0.480. The van der Waals surface area contributed by atoms with Crippen molar-refractivity contribution < 1.29 is 0 Å². The summed E-state index contributed by atoms with van der Waals surface area (Å²) in [6, 6.07) is 0. The van der Waals surface area contributed by atoms with Crippen molar-refractivity contribution in [2.75, 3.05) is 0 Å². The van der Waals surface area contributed by atoms with Gasteiger partial charge in [0.25, 0.3) is 0 Å². The molecule has 0 heterocycles. The maximum atomic E-state index is 7.47. The molecule has 0 aromatic carbocycles. The standard InChI is InChI=1S/C23H37N/c1-16-15-21(5)17(2)9-12-22(21,6)23(24)14-13-19(3)10-7-8-11-20(19,4)18(16)23/h18H,1-2,7-15,24H2,3-6H3. The maximum Gasteiger partial charge on any atom is 0.0289 e. The molecule has 6 atom stereocenters. The predicted octanol–water partition coefficient (Wildman–Crippen LogP) is 6.00. The lowest BCUT2D eigenvalue weighted by Gasteiger charge is -2.71. The molecular formula is C23H37N. The van der Waals surface area contributed by atoms with Crippen LogP contribution in [-0.4, -0.2) is 5.54 Å². The van der Waals surface area contributed by atoms with Crippen molar-refractivity contribution in [3.63, 3.8) is 0 Å². The minimum atomic E-state index is -0.109. The molecule has 1 heteroatoms. The average Bonchev–Trinajstić information content (AvgIpc) is 2.73. The summed E-state index contributed by atoms with van der Waals surface area (Å²) in [5, 5.41) is 0. The van der Waals surface area contributed by atoms with E-state index in [0.717, 1.165) is 12.8 Å². The van der Waals surface area contributed by atoms with Crippen molar-refractivity contribution in [2.24, 2.45) is 33.3 Å². The van der Waals surface area contributed by atoms with E-state index in [0.29, 0.717) is 16.7 Å². The molecule has 0 aromatic rings. The van der Waals surface area contributed by atoms with Gasteiger partial charge in [-0.1, -0.05) is 64.8 Å². The number of rotatable bonds is 0. The molecule has 134 valence electrons. The molecular weight excluding hydrogens is 290 g/mol. The lowest BCUT2D eigenvalue weighted by Crippen LogP contribution is -2.73. The molecule has 0 amide bonds. The van der Waals surface area contributed by atoms with Crippen LogP contribution in [-0.2, 0) is 0 Å². The summed E-state index contributed by atoms with van der Waals surface area (Å²) in [4.78, 5) is 0. The van der Waals surface area contributed by atoms with Gasteiger partial charge in [-0.2, -0.15) is 0 Å². The summed E-state index contributed by atoms with van der Waals surface area (Å²) < 4.78 is 0. The van der Waals surface area contributed by atoms with Gasteiger partial charge in [0.15, 0.2) is 0 Å². The molecule has 24 heavy (non-hydrogen) atoms. The van der Waals surface area contributed by atoms with E-state index >= 15 is 0 Å². The second-order valence-corrected chi connectivity index (χ2v) is 10.8. The van der Waals surface area contributed by atoms with Gasteiger partial charge in [0.2, 0.25) is 0 Å². The Hall–Kier alpha value is -0.560. The fourth-order valence-corrected chi connectivity index (χ4v) is 8.07. The molecule has 4 saturated carbocycles. The zero-order chi connectivity index (χ0) is 17.6. The Morgan fingerprint density at radius 2 is 1.58 bits per heavy atom. The molecule has 6 unspecified atom stereocenters. The Bertz CT molecular complexity index is 620. The second-order valence-electron chi connectivity index (χ2n) is 10.8. The van der Waals surface area contributed by atoms with E-state index in [4.69, 9.17) is 5.73 Å². The van der Waals surface area contributed by atoms with Crippen molar-refractivity contribution in [2.45, 2.75) is 91.0 Å². The van der Waals surface area contributed by atoms with Gasteiger partial charge in [0.05, 0.1) is 0 Å². The summed E-state index contributed by atoms with van der Waals surface area (Å²) in [6.45, 7) is 19.2. The first kappa shape index (κ1) is 16.9. The van der Waals surface area contributed by atoms with E-state index in [1.165, 1.54) is 56.1 Å². The van der Waals surface area contributed by atoms with Crippen LogP contribution < -0.4 is 5.73 Å². The van der Waals surface area contributed by atoms with Gasteiger partial charge in [0, 0.05) is 11.5 Å². The first-order valence-electron chi connectivity index (χ1n) is 10.2. The SMILES string of the molecule is C=C1CC2(C)C(=C)CCC2(C)C2(N)CCC3(C)CCCCC3(C)C12. The third-order valence-electron chi connectivity index (χ3n) is 10.2. The predicted molar refractivity (Wildman–Crippen MR) is 103 cm³/mol. The molecule has 4 rings (SSSR count). The molecule has 0 radical (unpaired) electrons. The molecule has 0 saturated heterocycles. The Labute approximate surface area is 149 Å². The fourth-order valence-electron chi connectivity index (χ4n) is 8.07. The van der Waals surface area contributed by atoms with Crippen LogP contribution in [0.2, 0.25) is 0 Å². The highest BCUT2D eigenvalue weighted by Crippen LogP contribution is 2.76. The molecule has 1 nitrogen and oxygen atoms in total. The summed E-state index contributed by atoms with van der Waals surface area (Å²) >= 11 is 0. The first-order chi connectivity index (χ1) is 11.0. The van der Waals surface area contributed by atoms with Crippen molar-refractivity contribution in [3.05, 3.63) is 24.3 Å². The van der Waals surface area contributed by atoms with Gasteiger partial charge >= 0.3 is 0 Å². The van der Waals surface area contributed by atoms with Crippen LogP contribution in [0.4, 0.5) is 0 Å². The Morgan fingerprint density at radius 3 is 2.29 bits per heavy atom. The Kier molecular flexibility index (Phi) is 3.22. The van der Waals surface area contributed by atoms with Crippen molar-refractivity contribution in [3.8, 4) is 0 Å². The zero-order valence-electron chi connectivity index (χ0n) is 16.4. The van der Waals surface area contributed by atoms with Gasteiger partial charge in [-0.3, -0.25) is 0 Å². The average molecular weight is 328 g/mol. The number of hydrogen-bond acceptors (Lipinski definition) is 1. The molecule has 0 bridgehead atoms. The van der Waals surface area contributed by atoms with E-state index in [1.54, 1.807) is 0 Å². The molecule has 4 fully saturated rings. The quantitative estimate of drug-likeness (QED) is 0.542. The Balaban J connectivity index is 1.89. The number of fused-ring (bicyclic) bond motifs is 5. The molecule has 4 aliphatic carbocycles. The van der Waals surface area contributed by atoms with E-state index < -0.39 is 0 Å². The third-order valence-corrected chi connectivity index (χ3v) is 10.2. The van der Waals surface area contributed by atoms with Crippen LogP contribution >= 0.6 is 0 Å².